The van der Waals surface area contributed by atoms with Crippen LogP contribution in [0, 0.1) is 6.92 Å². The van der Waals surface area contributed by atoms with Crippen LogP contribution in [0.15, 0.2) is 53.6 Å². The maximum Gasteiger partial charge on any atom is 0.414 e. The third kappa shape index (κ3) is 9.05. The summed E-state index contributed by atoms with van der Waals surface area (Å²) in [6.07, 6.45) is 2.16. The summed E-state index contributed by atoms with van der Waals surface area (Å²) < 4.78 is 34.8. The fraction of sp³-hybridized carbons (Fsp3) is 0.529. The molecule has 0 saturated heterocycles. The van der Waals surface area contributed by atoms with E-state index in [0.29, 0.717) is 39.8 Å². The van der Waals surface area contributed by atoms with Gasteiger partial charge in [0, 0.05) is 37.5 Å². The summed E-state index contributed by atoms with van der Waals surface area (Å²) in [6, 6.07) is 6.66. The highest BCUT2D eigenvalue weighted by atomic mass is 32.2. The van der Waals surface area contributed by atoms with Crippen LogP contribution in [0.5, 0.6) is 0 Å². The van der Waals surface area contributed by atoms with Gasteiger partial charge in [0.05, 0.1) is 17.4 Å². The lowest BCUT2D eigenvalue weighted by molar-refractivity contribution is -0.104. The minimum Gasteiger partial charge on any atom is -0.443 e. The number of aromatic nitrogens is 3. The molecule has 1 saturated carbocycles. The SMILES string of the molecule is C=C.CC.CC.CC.CSc1ncc2cc(N3CCN(C(=O)OC(C)(C)C)c4c(C)cccc43)c(=O)n(C3CC(F)(F)C3)c2n1. The van der Waals surface area contributed by atoms with Crippen molar-refractivity contribution in [2.45, 2.75) is 105 Å². The minimum atomic E-state index is -2.80. The number of carbonyl (C=O) groups is 1. The molecule has 2 aromatic heterocycles. The number of fused-ring (bicyclic) bond motifs is 2. The topological polar surface area (TPSA) is 80.6 Å². The Kier molecular flexibility index (Phi) is 15.2. The Labute approximate surface area is 271 Å². The maximum atomic E-state index is 13.9. The molecular weight excluding hydrogens is 596 g/mol. The van der Waals surface area contributed by atoms with Gasteiger partial charge in [-0.1, -0.05) is 65.4 Å². The molecule has 0 spiro atoms. The molecule has 1 fully saturated rings. The first-order valence-corrected chi connectivity index (χ1v) is 16.8. The maximum absolute atomic E-state index is 13.9. The van der Waals surface area contributed by atoms with E-state index >= 15 is 0 Å². The third-order valence-electron chi connectivity index (χ3n) is 6.58. The van der Waals surface area contributed by atoms with Gasteiger partial charge in [0.25, 0.3) is 11.5 Å². The lowest BCUT2D eigenvalue weighted by Crippen LogP contribution is -2.47. The van der Waals surface area contributed by atoms with Crippen LogP contribution in [0.4, 0.5) is 30.6 Å². The molecule has 5 rings (SSSR count). The quantitative estimate of drug-likeness (QED) is 0.159. The summed E-state index contributed by atoms with van der Waals surface area (Å²) in [5.74, 6) is -2.80. The van der Waals surface area contributed by atoms with E-state index < -0.39 is 42.1 Å². The zero-order valence-electron chi connectivity index (χ0n) is 28.8. The molecular formula is C34H51F2N5O3S. The molecule has 250 valence electrons. The second kappa shape index (κ2) is 17.3. The van der Waals surface area contributed by atoms with Crippen molar-refractivity contribution in [2.24, 2.45) is 0 Å². The number of thioether (sulfide) groups is 1. The zero-order valence-corrected chi connectivity index (χ0v) is 29.6. The summed E-state index contributed by atoms with van der Waals surface area (Å²) in [5, 5.41) is 1.05. The second-order valence-corrected chi connectivity index (χ2v) is 11.3. The summed E-state index contributed by atoms with van der Waals surface area (Å²) in [6.45, 7) is 25.9. The van der Waals surface area contributed by atoms with Crippen LogP contribution < -0.4 is 15.4 Å². The number of ether oxygens (including phenoxy) is 1. The van der Waals surface area contributed by atoms with Crippen molar-refractivity contribution in [3.05, 3.63) is 59.5 Å². The highest BCUT2D eigenvalue weighted by Gasteiger charge is 2.47. The van der Waals surface area contributed by atoms with E-state index in [9.17, 15) is 18.4 Å². The minimum absolute atomic E-state index is 0.285. The van der Waals surface area contributed by atoms with Crippen LogP contribution in [0.2, 0.25) is 0 Å². The summed E-state index contributed by atoms with van der Waals surface area (Å²) in [4.78, 5) is 39.3. The molecule has 3 aromatic rings. The van der Waals surface area contributed by atoms with Crippen LogP contribution in [-0.2, 0) is 4.74 Å². The number of alkyl halides is 2. The van der Waals surface area contributed by atoms with E-state index in [1.54, 1.807) is 17.2 Å². The van der Waals surface area contributed by atoms with Gasteiger partial charge < -0.3 is 9.64 Å². The number of carbonyl (C=O) groups excluding carboxylic acids is 1. The van der Waals surface area contributed by atoms with Gasteiger partial charge in [-0.3, -0.25) is 14.3 Å². The predicted molar refractivity (Wildman–Crippen MR) is 186 cm³/mol. The first-order chi connectivity index (χ1) is 21.4. The van der Waals surface area contributed by atoms with E-state index in [1.165, 1.54) is 16.3 Å². The molecule has 0 unspecified atom stereocenters. The average molecular weight is 648 g/mol. The molecule has 8 nitrogen and oxygen atoms in total. The molecule has 1 amide bonds. The van der Waals surface area contributed by atoms with Crippen molar-refractivity contribution in [1.29, 1.82) is 0 Å². The number of hydrogen-bond donors (Lipinski definition) is 0. The number of benzene rings is 1. The van der Waals surface area contributed by atoms with Gasteiger partial charge in [0.1, 0.15) is 16.9 Å². The van der Waals surface area contributed by atoms with Crippen molar-refractivity contribution in [2.75, 3.05) is 29.1 Å². The molecule has 2 aliphatic rings. The Morgan fingerprint density at radius 3 is 2.18 bits per heavy atom. The number of nitrogens with zero attached hydrogens (tertiary/aromatic N) is 5. The Balaban J connectivity index is 0.00000117. The normalized spacial score (nSPS) is 14.9. The molecule has 1 aliphatic carbocycles. The molecule has 0 N–H and O–H groups in total. The van der Waals surface area contributed by atoms with E-state index in [0.717, 1.165) is 5.56 Å². The number of para-hydroxylation sites is 1. The second-order valence-electron chi connectivity index (χ2n) is 10.5. The van der Waals surface area contributed by atoms with Gasteiger partial charge >= 0.3 is 6.09 Å². The Morgan fingerprint density at radius 2 is 1.64 bits per heavy atom. The van der Waals surface area contributed by atoms with E-state index in [-0.39, 0.29) is 6.54 Å². The van der Waals surface area contributed by atoms with Crippen LogP contribution in [-0.4, -0.2) is 51.5 Å². The first kappa shape index (κ1) is 39.6. The number of pyridine rings is 1. The highest BCUT2D eigenvalue weighted by molar-refractivity contribution is 7.98. The molecule has 1 aromatic carbocycles. The average Bonchev–Trinajstić information content (AvgIpc) is 3.02. The highest BCUT2D eigenvalue weighted by Crippen LogP contribution is 2.46. The number of aryl methyl sites for hydroxylation is 1. The lowest BCUT2D eigenvalue weighted by atomic mass is 9.87. The van der Waals surface area contributed by atoms with Crippen LogP contribution >= 0.6 is 11.8 Å². The van der Waals surface area contributed by atoms with E-state index in [1.807, 2.05) is 98.6 Å². The number of hydrogen-bond acceptors (Lipinski definition) is 7. The zero-order chi connectivity index (χ0) is 34.7. The molecule has 1 aliphatic heterocycles. The molecule has 0 radical (unpaired) electrons. The van der Waals surface area contributed by atoms with Crippen molar-refractivity contribution in [1.82, 2.24) is 14.5 Å². The molecule has 11 heteroatoms. The number of anilines is 3. The Hall–Kier alpha value is -3.47. The third-order valence-corrected chi connectivity index (χ3v) is 7.14. The van der Waals surface area contributed by atoms with Gasteiger partial charge in [-0.2, -0.15) is 0 Å². The lowest BCUT2D eigenvalue weighted by Gasteiger charge is -2.40. The molecule has 0 bridgehead atoms. The van der Waals surface area contributed by atoms with Crippen molar-refractivity contribution >= 4 is 46.0 Å². The smallest absolute Gasteiger partial charge is 0.414 e. The van der Waals surface area contributed by atoms with Crippen molar-refractivity contribution in [3.8, 4) is 0 Å². The van der Waals surface area contributed by atoms with Crippen LogP contribution in [0.3, 0.4) is 0 Å². The van der Waals surface area contributed by atoms with Gasteiger partial charge in [0.2, 0.25) is 0 Å². The van der Waals surface area contributed by atoms with Crippen molar-refractivity contribution < 1.29 is 18.3 Å². The van der Waals surface area contributed by atoms with Gasteiger partial charge in [0.15, 0.2) is 5.16 Å². The van der Waals surface area contributed by atoms with Gasteiger partial charge in [-0.15, -0.1) is 13.2 Å². The van der Waals surface area contributed by atoms with E-state index in [2.05, 4.69) is 23.1 Å². The number of amides is 1. The number of rotatable bonds is 3. The Morgan fingerprint density at radius 1 is 1.04 bits per heavy atom. The monoisotopic (exact) mass is 647 g/mol. The van der Waals surface area contributed by atoms with Gasteiger partial charge in [-0.25, -0.2) is 23.5 Å². The largest absolute Gasteiger partial charge is 0.443 e. The summed E-state index contributed by atoms with van der Waals surface area (Å²) in [7, 11) is 0. The van der Waals surface area contributed by atoms with Crippen LogP contribution in [0.25, 0.3) is 11.0 Å². The van der Waals surface area contributed by atoms with Gasteiger partial charge in [-0.05, 0) is 51.6 Å². The first-order valence-electron chi connectivity index (χ1n) is 15.6. The van der Waals surface area contributed by atoms with Crippen molar-refractivity contribution in [3.63, 3.8) is 0 Å². The predicted octanol–water partition coefficient (Wildman–Crippen LogP) is 9.57. The standard InChI is InChI=1S/C26H29F2N5O3S.3C2H6.C2H4/c1-15-7-6-8-18-20(15)32(24(35)36-25(2,3)4)10-9-31(18)19-11-16-14-29-23(37-5)30-21(16)33(22(19)34)17-12-26(27,28)13-17;4*1-2/h6-8,11,14,17H,9-10,12-13H2,1-5H3;3*1-2H3;1-2H2. The molecule has 45 heavy (non-hydrogen) atoms. The van der Waals surface area contributed by atoms with Crippen LogP contribution in [0.1, 0.15) is 86.8 Å². The number of halogens is 2. The van der Waals surface area contributed by atoms with E-state index in [4.69, 9.17) is 4.74 Å². The Bertz CT molecular complexity index is 1460. The summed E-state index contributed by atoms with van der Waals surface area (Å²) in [5.41, 5.74) is 1.80. The fourth-order valence-electron chi connectivity index (χ4n) is 4.93. The molecule has 0 atom stereocenters. The molecule has 3 heterocycles. The summed E-state index contributed by atoms with van der Waals surface area (Å²) >= 11 is 1.32. The fourth-order valence-corrected chi connectivity index (χ4v) is 5.26.